The molecular weight excluding hydrogens is 240 g/mol. The molecule has 19 heavy (non-hydrogen) atoms. The van der Waals surface area contributed by atoms with Crippen molar-refractivity contribution in [1.82, 2.24) is 9.97 Å². The topological polar surface area (TPSA) is 84.1 Å². The summed E-state index contributed by atoms with van der Waals surface area (Å²) < 4.78 is 0. The van der Waals surface area contributed by atoms with Gasteiger partial charge in [0.05, 0.1) is 12.1 Å². The molecule has 1 aliphatic rings. The minimum atomic E-state index is -0.303. The minimum Gasteiger partial charge on any atom is -0.391 e. The highest BCUT2D eigenvalue weighted by molar-refractivity contribution is 5.46. The molecule has 2 rings (SSSR count). The number of rotatable bonds is 2. The van der Waals surface area contributed by atoms with Crippen LogP contribution in [0.5, 0.6) is 0 Å². The first kappa shape index (κ1) is 14.1. The third-order valence-corrected chi connectivity index (χ3v) is 3.48. The quantitative estimate of drug-likeness (QED) is 0.761. The maximum atomic E-state index is 9.99. The molecule has 2 unspecified atom stereocenters. The fourth-order valence-corrected chi connectivity index (χ4v) is 2.34. The highest BCUT2D eigenvalue weighted by Crippen LogP contribution is 2.24. The lowest BCUT2D eigenvalue weighted by Gasteiger charge is -2.29. The summed E-state index contributed by atoms with van der Waals surface area (Å²) in [4.78, 5) is 8.80. The Labute approximate surface area is 114 Å². The summed E-state index contributed by atoms with van der Waals surface area (Å²) in [6, 6.07) is 1.80. The van der Waals surface area contributed by atoms with Crippen LogP contribution in [0.25, 0.3) is 0 Å². The van der Waals surface area contributed by atoms with Crippen LogP contribution in [0.1, 0.15) is 52.3 Å². The normalized spacial score (nSPS) is 24.2. The molecule has 1 saturated carbocycles. The average molecular weight is 264 g/mol. The summed E-state index contributed by atoms with van der Waals surface area (Å²) in [5.74, 6) is 1.90. The summed E-state index contributed by atoms with van der Waals surface area (Å²) in [6.07, 6.45) is 3.75. The monoisotopic (exact) mass is 264 g/mol. The molecule has 0 spiro atoms. The van der Waals surface area contributed by atoms with Crippen LogP contribution in [0, 0.1) is 0 Å². The minimum absolute atomic E-state index is 0.0656. The zero-order chi connectivity index (χ0) is 14.0. The molecule has 4 N–H and O–H groups in total. The largest absolute Gasteiger partial charge is 0.391 e. The third kappa shape index (κ3) is 3.56. The molecule has 2 atom stereocenters. The molecule has 1 aromatic rings. The number of aliphatic hydroxyl groups excluding tert-OH is 1. The Balaban J connectivity index is 2.18. The van der Waals surface area contributed by atoms with E-state index in [1.165, 1.54) is 0 Å². The number of nitrogens with two attached hydrogens (primary N) is 1. The molecule has 0 radical (unpaired) electrons. The van der Waals surface area contributed by atoms with Crippen molar-refractivity contribution in [3.05, 3.63) is 11.9 Å². The van der Waals surface area contributed by atoms with Gasteiger partial charge in [0, 0.05) is 11.5 Å². The fraction of sp³-hybridized carbons (Fsp3) is 0.714. The number of anilines is 2. The van der Waals surface area contributed by atoms with E-state index in [4.69, 9.17) is 5.73 Å². The number of aliphatic hydroxyl groups is 1. The average Bonchev–Trinajstić information content (AvgIpc) is 2.30. The Bertz CT molecular complexity index is 442. The van der Waals surface area contributed by atoms with Gasteiger partial charge in [0.1, 0.15) is 17.5 Å². The second-order valence-corrected chi connectivity index (χ2v) is 6.35. The van der Waals surface area contributed by atoms with Gasteiger partial charge in [0.15, 0.2) is 0 Å². The van der Waals surface area contributed by atoms with Gasteiger partial charge in [-0.15, -0.1) is 0 Å². The van der Waals surface area contributed by atoms with Crippen molar-refractivity contribution in [3.63, 3.8) is 0 Å². The molecule has 0 aliphatic heterocycles. The van der Waals surface area contributed by atoms with Crippen molar-refractivity contribution in [2.45, 2.75) is 64.0 Å². The van der Waals surface area contributed by atoms with Crippen LogP contribution < -0.4 is 11.1 Å². The highest BCUT2D eigenvalue weighted by atomic mass is 16.3. The van der Waals surface area contributed by atoms with Gasteiger partial charge in [-0.25, -0.2) is 9.97 Å². The highest BCUT2D eigenvalue weighted by Gasteiger charge is 2.24. The fourth-order valence-electron chi connectivity index (χ4n) is 2.34. The van der Waals surface area contributed by atoms with Gasteiger partial charge in [-0.3, -0.25) is 0 Å². The van der Waals surface area contributed by atoms with Gasteiger partial charge in [-0.2, -0.15) is 0 Å². The second kappa shape index (κ2) is 5.33. The van der Waals surface area contributed by atoms with Crippen LogP contribution in [0.3, 0.4) is 0 Å². The molecule has 1 fully saturated rings. The van der Waals surface area contributed by atoms with E-state index in [0.717, 1.165) is 31.5 Å². The lowest BCUT2D eigenvalue weighted by atomic mass is 9.92. The van der Waals surface area contributed by atoms with Crippen LogP contribution >= 0.6 is 0 Å². The number of nitrogen functional groups attached to an aromatic ring is 1. The number of aromatic nitrogens is 2. The van der Waals surface area contributed by atoms with E-state index in [2.05, 4.69) is 36.1 Å². The Morgan fingerprint density at radius 2 is 1.95 bits per heavy atom. The number of nitrogens with one attached hydrogen (secondary N) is 1. The lowest BCUT2D eigenvalue weighted by molar-refractivity contribution is 0.116. The van der Waals surface area contributed by atoms with Crippen molar-refractivity contribution in [2.24, 2.45) is 0 Å². The maximum Gasteiger partial charge on any atom is 0.138 e. The zero-order valence-corrected chi connectivity index (χ0v) is 12.0. The predicted octanol–water partition coefficient (Wildman–Crippen LogP) is 2.07. The summed E-state index contributed by atoms with van der Waals surface area (Å²) in [5, 5.41) is 13.3. The summed E-state index contributed by atoms with van der Waals surface area (Å²) in [5.41, 5.74) is 5.70. The molecular formula is C14H24N4O. The smallest absolute Gasteiger partial charge is 0.138 e. The van der Waals surface area contributed by atoms with Crippen molar-refractivity contribution in [1.29, 1.82) is 0 Å². The van der Waals surface area contributed by atoms with Crippen molar-refractivity contribution in [2.75, 3.05) is 11.1 Å². The molecule has 1 aromatic heterocycles. The maximum absolute atomic E-state index is 9.99. The van der Waals surface area contributed by atoms with Crippen molar-refractivity contribution < 1.29 is 5.11 Å². The van der Waals surface area contributed by atoms with Gasteiger partial charge < -0.3 is 16.2 Å². The molecule has 1 heterocycles. The molecule has 0 aromatic carbocycles. The van der Waals surface area contributed by atoms with Gasteiger partial charge in [0.25, 0.3) is 0 Å². The predicted molar refractivity (Wildman–Crippen MR) is 77.0 cm³/mol. The van der Waals surface area contributed by atoms with Gasteiger partial charge in [-0.1, -0.05) is 33.6 Å². The van der Waals surface area contributed by atoms with Gasteiger partial charge >= 0.3 is 0 Å². The molecule has 5 heteroatoms. The lowest BCUT2D eigenvalue weighted by Crippen LogP contribution is -2.36. The molecule has 0 bridgehead atoms. The van der Waals surface area contributed by atoms with Crippen LogP contribution in [0.2, 0.25) is 0 Å². The van der Waals surface area contributed by atoms with Crippen LogP contribution in [-0.2, 0) is 5.41 Å². The SMILES string of the molecule is CC(C)(C)c1nc(N)cc(NC2CCCCC2O)n1. The van der Waals surface area contributed by atoms with E-state index in [9.17, 15) is 5.11 Å². The first-order valence-corrected chi connectivity index (χ1v) is 6.96. The second-order valence-electron chi connectivity index (χ2n) is 6.35. The van der Waals surface area contributed by atoms with Crippen LogP contribution in [-0.4, -0.2) is 27.2 Å². The third-order valence-electron chi connectivity index (χ3n) is 3.48. The summed E-state index contributed by atoms with van der Waals surface area (Å²) >= 11 is 0. The summed E-state index contributed by atoms with van der Waals surface area (Å²) in [7, 11) is 0. The van der Waals surface area contributed by atoms with Crippen molar-refractivity contribution >= 4 is 11.6 Å². The first-order chi connectivity index (χ1) is 8.86. The molecule has 1 aliphatic carbocycles. The molecule has 106 valence electrons. The van der Waals surface area contributed by atoms with E-state index >= 15 is 0 Å². The zero-order valence-electron chi connectivity index (χ0n) is 12.0. The molecule has 5 nitrogen and oxygen atoms in total. The Kier molecular flexibility index (Phi) is 3.94. The Morgan fingerprint density at radius 1 is 1.26 bits per heavy atom. The Morgan fingerprint density at radius 3 is 2.58 bits per heavy atom. The number of nitrogens with zero attached hydrogens (tertiary/aromatic N) is 2. The van der Waals surface area contributed by atoms with Crippen LogP contribution in [0.4, 0.5) is 11.6 Å². The van der Waals surface area contributed by atoms with Gasteiger partial charge in [-0.05, 0) is 12.8 Å². The van der Waals surface area contributed by atoms with E-state index in [1.54, 1.807) is 6.07 Å². The van der Waals surface area contributed by atoms with Crippen molar-refractivity contribution in [3.8, 4) is 0 Å². The molecule has 0 amide bonds. The standard InChI is InChI=1S/C14H24N4O/c1-14(2,3)13-17-11(15)8-12(18-13)16-9-6-4-5-7-10(9)19/h8-10,19H,4-7H2,1-3H3,(H3,15,16,17,18). The number of hydrogen-bond acceptors (Lipinski definition) is 5. The van der Waals surface area contributed by atoms with Crippen LogP contribution in [0.15, 0.2) is 6.07 Å². The van der Waals surface area contributed by atoms with Gasteiger partial charge in [0.2, 0.25) is 0 Å². The van der Waals surface area contributed by atoms with E-state index in [-0.39, 0.29) is 17.6 Å². The Hall–Kier alpha value is -1.36. The number of hydrogen-bond donors (Lipinski definition) is 3. The van der Waals surface area contributed by atoms with E-state index in [1.807, 2.05) is 0 Å². The molecule has 0 saturated heterocycles. The summed E-state index contributed by atoms with van der Waals surface area (Å²) in [6.45, 7) is 6.17. The van der Waals surface area contributed by atoms with E-state index < -0.39 is 0 Å². The van der Waals surface area contributed by atoms with E-state index in [0.29, 0.717) is 11.6 Å². The first-order valence-electron chi connectivity index (χ1n) is 6.96.